The molecule has 2 heterocycles. The quantitative estimate of drug-likeness (QED) is 0.774. The van der Waals surface area contributed by atoms with Crippen LogP contribution in [0.4, 0.5) is 19.0 Å². The number of hydrogen-bond donors (Lipinski definition) is 2. The first kappa shape index (κ1) is 10.8. The Morgan fingerprint density at radius 2 is 2.31 bits per heavy atom. The van der Waals surface area contributed by atoms with Crippen LogP contribution in [0.2, 0.25) is 0 Å². The van der Waals surface area contributed by atoms with Crippen molar-refractivity contribution in [2.24, 2.45) is 0 Å². The highest BCUT2D eigenvalue weighted by Crippen LogP contribution is 2.37. The summed E-state index contributed by atoms with van der Waals surface area (Å²) in [6, 6.07) is -1.75. The molecule has 1 unspecified atom stereocenters. The average Bonchev–Trinajstić information content (AvgIpc) is 2.58. The van der Waals surface area contributed by atoms with E-state index >= 15 is 0 Å². The lowest BCUT2D eigenvalue weighted by Crippen LogP contribution is -2.34. The molecular weight excluding hydrogens is 227 g/mol. The lowest BCUT2D eigenvalue weighted by atomic mass is 10.1. The monoisotopic (exact) mass is 235 g/mol. The number of carboxylic acids is 1. The molecule has 0 amide bonds. The minimum absolute atomic E-state index is 0.0795. The van der Waals surface area contributed by atoms with Gasteiger partial charge in [-0.15, -0.1) is 0 Å². The predicted octanol–water partition coefficient (Wildman–Crippen LogP) is 1.50. The van der Waals surface area contributed by atoms with Crippen LogP contribution >= 0.6 is 0 Å². The van der Waals surface area contributed by atoms with Crippen molar-refractivity contribution in [1.29, 1.82) is 0 Å². The van der Waals surface area contributed by atoms with Crippen LogP contribution in [-0.4, -0.2) is 33.6 Å². The van der Waals surface area contributed by atoms with Gasteiger partial charge in [0, 0.05) is 6.54 Å². The molecule has 0 aliphatic carbocycles. The van der Waals surface area contributed by atoms with Crippen molar-refractivity contribution in [3.8, 4) is 0 Å². The molecule has 2 rings (SSSR count). The zero-order valence-corrected chi connectivity index (χ0v) is 7.95. The van der Waals surface area contributed by atoms with E-state index in [2.05, 4.69) is 10.4 Å². The van der Waals surface area contributed by atoms with Crippen molar-refractivity contribution in [3.63, 3.8) is 0 Å². The minimum Gasteiger partial charge on any atom is -0.477 e. The molecule has 0 saturated carbocycles. The largest absolute Gasteiger partial charge is 0.477 e. The predicted molar refractivity (Wildman–Crippen MR) is 47.4 cm³/mol. The van der Waals surface area contributed by atoms with Gasteiger partial charge in [0.05, 0.1) is 6.20 Å². The van der Waals surface area contributed by atoms with Gasteiger partial charge in [-0.05, 0) is 6.42 Å². The molecule has 16 heavy (non-hydrogen) atoms. The molecule has 2 N–H and O–H groups in total. The summed E-state index contributed by atoms with van der Waals surface area (Å²) in [7, 11) is 0. The van der Waals surface area contributed by atoms with Crippen LogP contribution in [0, 0.1) is 0 Å². The van der Waals surface area contributed by atoms with Crippen LogP contribution in [0.5, 0.6) is 0 Å². The summed E-state index contributed by atoms with van der Waals surface area (Å²) in [5, 5.41) is 14.8. The number of halogens is 3. The maximum Gasteiger partial charge on any atom is 0.410 e. The molecule has 0 radical (unpaired) electrons. The van der Waals surface area contributed by atoms with Gasteiger partial charge in [-0.2, -0.15) is 18.3 Å². The van der Waals surface area contributed by atoms with Crippen LogP contribution in [0.15, 0.2) is 6.20 Å². The third-order valence-electron chi connectivity index (χ3n) is 2.41. The zero-order chi connectivity index (χ0) is 11.9. The molecule has 0 fully saturated rings. The molecule has 0 aromatic carbocycles. The normalized spacial score (nSPS) is 20.1. The van der Waals surface area contributed by atoms with Crippen LogP contribution in [0.3, 0.4) is 0 Å². The Bertz CT molecular complexity index is 427. The van der Waals surface area contributed by atoms with Gasteiger partial charge in [0.15, 0.2) is 6.04 Å². The molecule has 0 spiro atoms. The zero-order valence-electron chi connectivity index (χ0n) is 7.95. The van der Waals surface area contributed by atoms with Crippen LogP contribution in [-0.2, 0) is 0 Å². The van der Waals surface area contributed by atoms with E-state index in [1.54, 1.807) is 0 Å². The molecule has 0 saturated heterocycles. The van der Waals surface area contributed by atoms with Crippen LogP contribution < -0.4 is 5.32 Å². The topological polar surface area (TPSA) is 67.1 Å². The molecule has 8 heteroatoms. The molecule has 0 bridgehead atoms. The average molecular weight is 235 g/mol. The molecule has 1 aliphatic rings. The second kappa shape index (κ2) is 3.39. The third kappa shape index (κ3) is 1.59. The Kier molecular flexibility index (Phi) is 2.28. The number of nitrogens with one attached hydrogen (secondary N) is 1. The number of anilines is 1. The maximum atomic E-state index is 12.6. The first-order chi connectivity index (χ1) is 7.41. The molecular formula is C8H8F3N3O2. The Morgan fingerprint density at radius 3 is 2.88 bits per heavy atom. The van der Waals surface area contributed by atoms with Crippen LogP contribution in [0.1, 0.15) is 22.8 Å². The summed E-state index contributed by atoms with van der Waals surface area (Å²) < 4.78 is 38.5. The Labute approximate surface area is 87.9 Å². The van der Waals surface area contributed by atoms with Crippen molar-refractivity contribution >= 4 is 11.8 Å². The van der Waals surface area contributed by atoms with E-state index < -0.39 is 18.2 Å². The summed E-state index contributed by atoms with van der Waals surface area (Å²) in [5.74, 6) is -1.38. The van der Waals surface area contributed by atoms with E-state index in [4.69, 9.17) is 5.11 Å². The SMILES string of the molecule is O=C(O)c1cnn2c1NCCC2C(F)(F)F. The number of carbonyl (C=O) groups is 1. The van der Waals surface area contributed by atoms with E-state index in [0.29, 0.717) is 4.68 Å². The highest BCUT2D eigenvalue weighted by Gasteiger charge is 2.44. The van der Waals surface area contributed by atoms with Crippen molar-refractivity contribution < 1.29 is 23.1 Å². The summed E-state index contributed by atoms with van der Waals surface area (Å²) in [5.41, 5.74) is -0.242. The second-order valence-corrected chi connectivity index (χ2v) is 3.43. The Balaban J connectivity index is 2.45. The first-order valence-corrected chi connectivity index (χ1v) is 4.52. The van der Waals surface area contributed by atoms with Gasteiger partial charge in [-0.1, -0.05) is 0 Å². The maximum absolute atomic E-state index is 12.6. The standard InChI is InChI=1S/C8H8F3N3O2/c9-8(10,11)5-1-2-12-6-4(7(15)16)3-13-14(5)6/h3,5,12H,1-2H2,(H,15,16). The number of carboxylic acid groups (broad SMARTS) is 1. The molecule has 1 atom stereocenters. The van der Waals surface area contributed by atoms with Crippen molar-refractivity contribution in [1.82, 2.24) is 9.78 Å². The van der Waals surface area contributed by atoms with Crippen LogP contribution in [0.25, 0.3) is 0 Å². The van der Waals surface area contributed by atoms with Gasteiger partial charge >= 0.3 is 12.1 Å². The smallest absolute Gasteiger partial charge is 0.410 e. The molecule has 1 aromatic heterocycles. The second-order valence-electron chi connectivity index (χ2n) is 3.43. The first-order valence-electron chi connectivity index (χ1n) is 4.52. The van der Waals surface area contributed by atoms with Gasteiger partial charge in [0.25, 0.3) is 0 Å². The van der Waals surface area contributed by atoms with E-state index in [1.807, 2.05) is 0 Å². The number of hydrogen-bond acceptors (Lipinski definition) is 3. The molecule has 88 valence electrons. The van der Waals surface area contributed by atoms with E-state index in [9.17, 15) is 18.0 Å². The summed E-state index contributed by atoms with van der Waals surface area (Å²) >= 11 is 0. The highest BCUT2D eigenvalue weighted by atomic mass is 19.4. The lowest BCUT2D eigenvalue weighted by Gasteiger charge is -2.27. The molecule has 1 aliphatic heterocycles. The number of aromatic carboxylic acids is 1. The van der Waals surface area contributed by atoms with Gasteiger partial charge in [-0.25, -0.2) is 9.48 Å². The Morgan fingerprint density at radius 1 is 1.62 bits per heavy atom. The summed E-state index contributed by atoms with van der Waals surface area (Å²) in [6.07, 6.45) is -3.65. The van der Waals surface area contributed by atoms with E-state index in [0.717, 1.165) is 6.20 Å². The molecule has 1 aromatic rings. The van der Waals surface area contributed by atoms with Crippen molar-refractivity contribution in [3.05, 3.63) is 11.8 Å². The summed E-state index contributed by atoms with van der Waals surface area (Å²) in [6.45, 7) is 0.0795. The number of nitrogens with zero attached hydrogens (tertiary/aromatic N) is 2. The minimum atomic E-state index is -4.42. The van der Waals surface area contributed by atoms with Gasteiger partial charge < -0.3 is 10.4 Å². The number of rotatable bonds is 1. The molecule has 5 nitrogen and oxygen atoms in total. The number of alkyl halides is 3. The van der Waals surface area contributed by atoms with Crippen molar-refractivity contribution in [2.75, 3.05) is 11.9 Å². The third-order valence-corrected chi connectivity index (χ3v) is 2.41. The van der Waals surface area contributed by atoms with E-state index in [-0.39, 0.29) is 24.3 Å². The number of fused-ring (bicyclic) bond motifs is 1. The van der Waals surface area contributed by atoms with Crippen molar-refractivity contribution in [2.45, 2.75) is 18.6 Å². The van der Waals surface area contributed by atoms with Gasteiger partial charge in [-0.3, -0.25) is 0 Å². The van der Waals surface area contributed by atoms with Gasteiger partial charge in [0.2, 0.25) is 0 Å². The fourth-order valence-corrected chi connectivity index (χ4v) is 1.68. The summed E-state index contributed by atoms with van der Waals surface area (Å²) in [4.78, 5) is 10.7. The number of aromatic nitrogens is 2. The highest BCUT2D eigenvalue weighted by molar-refractivity contribution is 5.93. The van der Waals surface area contributed by atoms with Gasteiger partial charge in [0.1, 0.15) is 11.4 Å². The Hall–Kier alpha value is -1.73. The fourth-order valence-electron chi connectivity index (χ4n) is 1.68. The van der Waals surface area contributed by atoms with E-state index in [1.165, 1.54) is 0 Å². The fraction of sp³-hybridized carbons (Fsp3) is 0.500. The lowest BCUT2D eigenvalue weighted by molar-refractivity contribution is -0.171.